The van der Waals surface area contributed by atoms with Gasteiger partial charge in [0, 0.05) is 29.5 Å². The predicted octanol–water partition coefficient (Wildman–Crippen LogP) is 3.16. The molecule has 0 saturated heterocycles. The number of halogens is 1. The largest absolute Gasteiger partial charge is 0.493 e. The summed E-state index contributed by atoms with van der Waals surface area (Å²) < 4.78 is 10.9. The molecule has 4 nitrogen and oxygen atoms in total. The maximum absolute atomic E-state index is 12.2. The van der Waals surface area contributed by atoms with E-state index < -0.39 is 0 Å². The van der Waals surface area contributed by atoms with Crippen molar-refractivity contribution >= 4 is 17.5 Å². The second kappa shape index (κ2) is 6.44. The van der Waals surface area contributed by atoms with Crippen molar-refractivity contribution in [2.24, 2.45) is 0 Å². The van der Waals surface area contributed by atoms with Gasteiger partial charge in [0.2, 0.25) is 5.91 Å². The van der Waals surface area contributed by atoms with Crippen LogP contribution in [0.15, 0.2) is 34.9 Å². The van der Waals surface area contributed by atoms with Gasteiger partial charge in [0.05, 0.1) is 19.3 Å². The number of amides is 1. The Balaban J connectivity index is 1.62. The third-order valence-corrected chi connectivity index (χ3v) is 3.89. The van der Waals surface area contributed by atoms with E-state index in [4.69, 9.17) is 20.8 Å². The molecule has 0 radical (unpaired) electrons. The summed E-state index contributed by atoms with van der Waals surface area (Å²) >= 11 is 6.11. The minimum absolute atomic E-state index is 0.00630. The van der Waals surface area contributed by atoms with E-state index in [1.54, 1.807) is 6.26 Å². The van der Waals surface area contributed by atoms with Crippen LogP contribution in [0.4, 0.5) is 0 Å². The van der Waals surface area contributed by atoms with Crippen LogP contribution in [0.25, 0.3) is 0 Å². The number of hydrogen-bond donors (Lipinski definition) is 1. The summed E-state index contributed by atoms with van der Waals surface area (Å²) in [5.41, 5.74) is 1.93. The second-order valence-corrected chi connectivity index (χ2v) is 6.02. The van der Waals surface area contributed by atoms with E-state index in [2.05, 4.69) is 5.32 Å². The molecule has 3 rings (SSSR count). The molecule has 0 spiro atoms. The van der Waals surface area contributed by atoms with Gasteiger partial charge in [-0.25, -0.2) is 0 Å². The van der Waals surface area contributed by atoms with Crippen molar-refractivity contribution in [3.05, 3.63) is 52.4 Å². The highest BCUT2D eigenvalue weighted by molar-refractivity contribution is 6.30. The molecule has 1 aromatic heterocycles. The summed E-state index contributed by atoms with van der Waals surface area (Å²) in [5.74, 6) is 1.64. The monoisotopic (exact) mass is 319 g/mol. The summed E-state index contributed by atoms with van der Waals surface area (Å²) in [6.07, 6.45) is 3.42. The first-order valence-corrected chi connectivity index (χ1v) is 7.75. The van der Waals surface area contributed by atoms with E-state index in [-0.39, 0.29) is 18.4 Å². The molecule has 0 bridgehead atoms. The molecule has 2 heterocycles. The van der Waals surface area contributed by atoms with E-state index in [1.807, 2.05) is 31.2 Å². The van der Waals surface area contributed by atoms with Crippen LogP contribution in [0.5, 0.6) is 5.75 Å². The summed E-state index contributed by atoms with van der Waals surface area (Å²) in [7, 11) is 0. The highest BCUT2D eigenvalue weighted by Gasteiger charge is 2.20. The number of furan rings is 1. The van der Waals surface area contributed by atoms with Crippen LogP contribution in [0, 0.1) is 0 Å². The van der Waals surface area contributed by atoms with Crippen molar-refractivity contribution in [2.45, 2.75) is 32.2 Å². The summed E-state index contributed by atoms with van der Waals surface area (Å²) in [6.45, 7) is 2.61. The normalized spacial score (nSPS) is 14.3. The van der Waals surface area contributed by atoms with E-state index in [9.17, 15) is 4.79 Å². The lowest BCUT2D eigenvalue weighted by atomic mass is 10.0. The highest BCUT2D eigenvalue weighted by Crippen LogP contribution is 2.33. The molecule has 0 aliphatic carbocycles. The quantitative estimate of drug-likeness (QED) is 0.921. The van der Waals surface area contributed by atoms with Crippen molar-refractivity contribution in [3.63, 3.8) is 0 Å². The van der Waals surface area contributed by atoms with Gasteiger partial charge in [-0.1, -0.05) is 11.6 Å². The standard InChI is InChI=1S/C17H18ClNO3/c1-11(7-15-3-2-5-21-15)19-16(20)10-13-9-14(18)8-12-4-6-22-17(12)13/h2-3,5,8-9,11H,4,6-7,10H2,1H3,(H,19,20). The fraction of sp³-hybridized carbons (Fsp3) is 0.353. The number of carbonyl (C=O) groups excluding carboxylic acids is 1. The summed E-state index contributed by atoms with van der Waals surface area (Å²) in [5, 5.41) is 3.63. The van der Waals surface area contributed by atoms with Gasteiger partial charge in [-0.3, -0.25) is 4.79 Å². The first-order chi connectivity index (χ1) is 10.6. The fourth-order valence-electron chi connectivity index (χ4n) is 2.76. The van der Waals surface area contributed by atoms with Gasteiger partial charge in [-0.2, -0.15) is 0 Å². The number of rotatable bonds is 5. The SMILES string of the molecule is CC(Cc1ccco1)NC(=O)Cc1cc(Cl)cc2c1OCC2. The summed E-state index contributed by atoms with van der Waals surface area (Å²) in [4.78, 5) is 12.2. The Bertz CT molecular complexity index is 667. The molecule has 1 amide bonds. The first-order valence-electron chi connectivity index (χ1n) is 7.37. The van der Waals surface area contributed by atoms with Gasteiger partial charge < -0.3 is 14.5 Å². The molecule has 0 fully saturated rings. The molecular weight excluding hydrogens is 302 g/mol. The van der Waals surface area contributed by atoms with Gasteiger partial charge in [0.15, 0.2) is 0 Å². The van der Waals surface area contributed by atoms with E-state index >= 15 is 0 Å². The van der Waals surface area contributed by atoms with Gasteiger partial charge in [-0.15, -0.1) is 0 Å². The van der Waals surface area contributed by atoms with Gasteiger partial charge in [-0.05, 0) is 36.8 Å². The van der Waals surface area contributed by atoms with Crippen molar-refractivity contribution in [3.8, 4) is 5.75 Å². The van der Waals surface area contributed by atoms with Gasteiger partial charge >= 0.3 is 0 Å². The molecule has 2 aromatic rings. The van der Waals surface area contributed by atoms with E-state index in [0.29, 0.717) is 18.1 Å². The van der Waals surface area contributed by atoms with Crippen LogP contribution in [-0.2, 0) is 24.1 Å². The van der Waals surface area contributed by atoms with Gasteiger partial charge in [0.25, 0.3) is 0 Å². The Kier molecular flexibility index (Phi) is 4.39. The predicted molar refractivity (Wildman–Crippen MR) is 84.4 cm³/mol. The topological polar surface area (TPSA) is 51.5 Å². The zero-order valence-corrected chi connectivity index (χ0v) is 13.2. The third kappa shape index (κ3) is 3.45. The first kappa shape index (κ1) is 15.0. The summed E-state index contributed by atoms with van der Waals surface area (Å²) in [6, 6.07) is 7.47. The molecule has 1 aliphatic heterocycles. The van der Waals surface area contributed by atoms with E-state index in [1.165, 1.54) is 0 Å². The molecule has 1 aliphatic rings. The Morgan fingerprint density at radius 2 is 2.32 bits per heavy atom. The Hall–Kier alpha value is -1.94. The second-order valence-electron chi connectivity index (χ2n) is 5.58. The lowest BCUT2D eigenvalue weighted by molar-refractivity contribution is -0.121. The molecule has 1 aromatic carbocycles. The Morgan fingerprint density at radius 1 is 1.45 bits per heavy atom. The third-order valence-electron chi connectivity index (χ3n) is 3.67. The number of nitrogens with one attached hydrogen (secondary N) is 1. The zero-order valence-electron chi connectivity index (χ0n) is 12.4. The lowest BCUT2D eigenvalue weighted by Crippen LogP contribution is -2.35. The highest BCUT2D eigenvalue weighted by atomic mass is 35.5. The van der Waals surface area contributed by atoms with Crippen LogP contribution in [0.2, 0.25) is 5.02 Å². The number of ether oxygens (including phenoxy) is 1. The van der Waals surface area contributed by atoms with Crippen LogP contribution >= 0.6 is 11.6 Å². The van der Waals surface area contributed by atoms with Crippen LogP contribution in [-0.4, -0.2) is 18.6 Å². The number of carbonyl (C=O) groups is 1. The fourth-order valence-corrected chi connectivity index (χ4v) is 3.02. The Morgan fingerprint density at radius 3 is 3.09 bits per heavy atom. The molecule has 116 valence electrons. The van der Waals surface area contributed by atoms with Crippen LogP contribution < -0.4 is 10.1 Å². The molecule has 22 heavy (non-hydrogen) atoms. The number of hydrogen-bond acceptors (Lipinski definition) is 3. The maximum atomic E-state index is 12.2. The van der Waals surface area contributed by atoms with Crippen molar-refractivity contribution in [1.29, 1.82) is 0 Å². The molecule has 1 atom stereocenters. The number of benzene rings is 1. The minimum atomic E-state index is -0.0426. The van der Waals surface area contributed by atoms with Gasteiger partial charge in [0.1, 0.15) is 11.5 Å². The number of fused-ring (bicyclic) bond motifs is 1. The smallest absolute Gasteiger partial charge is 0.224 e. The minimum Gasteiger partial charge on any atom is -0.493 e. The average molecular weight is 320 g/mol. The van der Waals surface area contributed by atoms with Crippen LogP contribution in [0.1, 0.15) is 23.8 Å². The van der Waals surface area contributed by atoms with Crippen molar-refractivity contribution in [1.82, 2.24) is 5.32 Å². The Labute approximate surface area is 134 Å². The lowest BCUT2D eigenvalue weighted by Gasteiger charge is -2.14. The van der Waals surface area contributed by atoms with Crippen molar-refractivity contribution < 1.29 is 13.9 Å². The van der Waals surface area contributed by atoms with Crippen LogP contribution in [0.3, 0.4) is 0 Å². The molecule has 1 unspecified atom stereocenters. The molecule has 0 saturated carbocycles. The zero-order chi connectivity index (χ0) is 15.5. The van der Waals surface area contributed by atoms with Crippen molar-refractivity contribution in [2.75, 3.05) is 6.61 Å². The molecule has 1 N–H and O–H groups in total. The maximum Gasteiger partial charge on any atom is 0.224 e. The molecule has 5 heteroatoms. The average Bonchev–Trinajstić information content (AvgIpc) is 3.08. The molecular formula is C17H18ClNO3. The van der Waals surface area contributed by atoms with E-state index in [0.717, 1.165) is 29.1 Å².